The van der Waals surface area contributed by atoms with Crippen LogP contribution in [0.1, 0.15) is 10.4 Å². The Morgan fingerprint density at radius 1 is 1.50 bits per heavy atom. The largest absolute Gasteiger partial charge is 0.497 e. The van der Waals surface area contributed by atoms with Gasteiger partial charge in [-0.15, -0.1) is 0 Å². The first-order valence-corrected chi connectivity index (χ1v) is 4.10. The number of aldehydes is 1. The van der Waals surface area contributed by atoms with E-state index in [4.69, 9.17) is 4.74 Å². The second-order valence-corrected chi connectivity index (χ2v) is 2.93. The number of fused-ring (bicyclic) bond motifs is 1. The van der Waals surface area contributed by atoms with E-state index in [1.807, 2.05) is 0 Å². The summed E-state index contributed by atoms with van der Waals surface area (Å²) in [5, 5.41) is 10.1. The highest BCUT2D eigenvalue weighted by molar-refractivity contribution is 5.98. The van der Waals surface area contributed by atoms with Crippen LogP contribution in [0.15, 0.2) is 24.4 Å². The Morgan fingerprint density at radius 3 is 2.93 bits per heavy atom. The predicted octanol–water partition coefficient (Wildman–Crippen LogP) is 1.70. The Hall–Kier alpha value is -1.97. The second kappa shape index (κ2) is 3.06. The zero-order valence-corrected chi connectivity index (χ0v) is 7.60. The van der Waals surface area contributed by atoms with Gasteiger partial charge in [-0.05, 0) is 18.2 Å². The minimum atomic E-state index is 0.446. The first-order chi connectivity index (χ1) is 6.76. The minimum absolute atomic E-state index is 0.446. The summed E-state index contributed by atoms with van der Waals surface area (Å²) in [5.41, 5.74) is 1.04. The third-order valence-corrected chi connectivity index (χ3v) is 2.15. The lowest BCUT2D eigenvalue weighted by molar-refractivity contribution is 0.112. The van der Waals surface area contributed by atoms with Crippen LogP contribution in [0.5, 0.6) is 5.75 Å². The minimum Gasteiger partial charge on any atom is -0.497 e. The molecular weight excluding hydrogens is 182 g/mol. The molecule has 0 aliphatic heterocycles. The molecule has 1 heterocycles. The van der Waals surface area contributed by atoms with Crippen molar-refractivity contribution in [2.75, 3.05) is 7.11 Å². The van der Waals surface area contributed by atoms with Crippen molar-refractivity contribution < 1.29 is 14.7 Å². The molecule has 2 aromatic rings. The lowest BCUT2D eigenvalue weighted by Gasteiger charge is -1.99. The zero-order chi connectivity index (χ0) is 10.1. The fourth-order valence-electron chi connectivity index (χ4n) is 1.44. The molecular formula is C10H9NO3. The third-order valence-electron chi connectivity index (χ3n) is 2.15. The summed E-state index contributed by atoms with van der Waals surface area (Å²) in [6, 6.07) is 5.14. The predicted molar refractivity (Wildman–Crippen MR) is 51.1 cm³/mol. The molecule has 1 N–H and O–H groups in total. The molecule has 0 saturated carbocycles. The highest BCUT2D eigenvalue weighted by Crippen LogP contribution is 2.23. The van der Waals surface area contributed by atoms with Gasteiger partial charge in [0, 0.05) is 10.9 Å². The maximum absolute atomic E-state index is 10.7. The van der Waals surface area contributed by atoms with Gasteiger partial charge in [0.05, 0.1) is 18.8 Å². The van der Waals surface area contributed by atoms with E-state index in [0.29, 0.717) is 28.5 Å². The number of carbonyl (C=O) groups is 1. The van der Waals surface area contributed by atoms with Gasteiger partial charge in [-0.2, -0.15) is 4.73 Å². The SMILES string of the molecule is COc1ccc2c(c1)c(C=O)cn2O. The van der Waals surface area contributed by atoms with Crippen LogP contribution < -0.4 is 4.74 Å². The van der Waals surface area contributed by atoms with E-state index in [0.717, 1.165) is 4.73 Å². The molecule has 0 amide bonds. The van der Waals surface area contributed by atoms with Crippen molar-refractivity contribution in [1.29, 1.82) is 0 Å². The summed E-state index contributed by atoms with van der Waals surface area (Å²) in [4.78, 5) is 10.7. The van der Waals surface area contributed by atoms with Gasteiger partial charge in [0.25, 0.3) is 0 Å². The van der Waals surface area contributed by atoms with Gasteiger partial charge in [0.2, 0.25) is 0 Å². The normalized spacial score (nSPS) is 10.4. The number of nitrogens with zero attached hydrogens (tertiary/aromatic N) is 1. The van der Waals surface area contributed by atoms with Crippen LogP contribution in [-0.4, -0.2) is 23.3 Å². The summed E-state index contributed by atoms with van der Waals surface area (Å²) in [7, 11) is 1.55. The van der Waals surface area contributed by atoms with Crippen LogP contribution in [0.25, 0.3) is 10.9 Å². The molecule has 0 unspecified atom stereocenters. The van der Waals surface area contributed by atoms with Crippen LogP contribution in [0.3, 0.4) is 0 Å². The molecule has 0 aliphatic carbocycles. The van der Waals surface area contributed by atoms with Crippen LogP contribution in [0, 0.1) is 0 Å². The molecule has 0 fully saturated rings. The Bertz CT molecular complexity index is 487. The molecule has 0 saturated heterocycles. The molecule has 2 rings (SSSR count). The third kappa shape index (κ3) is 1.12. The monoisotopic (exact) mass is 191 g/mol. The molecule has 1 aromatic carbocycles. The van der Waals surface area contributed by atoms with Crippen molar-refractivity contribution >= 4 is 17.2 Å². The fourth-order valence-corrected chi connectivity index (χ4v) is 1.44. The van der Waals surface area contributed by atoms with Crippen LogP contribution in [0.2, 0.25) is 0 Å². The van der Waals surface area contributed by atoms with Gasteiger partial charge in [-0.25, -0.2) is 0 Å². The van der Waals surface area contributed by atoms with Gasteiger partial charge in [0.1, 0.15) is 5.75 Å². The Morgan fingerprint density at radius 2 is 2.29 bits per heavy atom. The average Bonchev–Trinajstić information content (AvgIpc) is 2.55. The number of benzene rings is 1. The number of ether oxygens (including phenoxy) is 1. The van der Waals surface area contributed by atoms with Gasteiger partial charge in [0.15, 0.2) is 6.29 Å². The van der Waals surface area contributed by atoms with Crippen molar-refractivity contribution in [3.8, 4) is 5.75 Å². The standard InChI is InChI=1S/C10H9NO3/c1-14-8-2-3-10-9(4-8)7(6-12)5-11(10)13/h2-6,13H,1H3. The zero-order valence-electron chi connectivity index (χ0n) is 7.60. The van der Waals surface area contributed by atoms with E-state index in [1.54, 1.807) is 25.3 Å². The molecule has 0 bridgehead atoms. The highest BCUT2D eigenvalue weighted by atomic mass is 16.5. The average molecular weight is 191 g/mol. The summed E-state index contributed by atoms with van der Waals surface area (Å²) in [6.07, 6.45) is 2.08. The van der Waals surface area contributed by atoms with Gasteiger partial charge >= 0.3 is 0 Å². The number of rotatable bonds is 2. The van der Waals surface area contributed by atoms with Gasteiger partial charge in [-0.1, -0.05) is 0 Å². The maximum atomic E-state index is 10.7. The van der Waals surface area contributed by atoms with Gasteiger partial charge < -0.3 is 9.94 Å². The number of methoxy groups -OCH3 is 1. The first kappa shape index (κ1) is 8.62. The summed E-state index contributed by atoms with van der Waals surface area (Å²) < 4.78 is 5.95. The van der Waals surface area contributed by atoms with Gasteiger partial charge in [-0.3, -0.25) is 4.79 Å². The second-order valence-electron chi connectivity index (χ2n) is 2.93. The Labute approximate surface area is 80.3 Å². The summed E-state index contributed by atoms with van der Waals surface area (Å²) in [6.45, 7) is 0. The van der Waals surface area contributed by atoms with Crippen molar-refractivity contribution in [1.82, 2.24) is 4.73 Å². The fraction of sp³-hybridized carbons (Fsp3) is 0.100. The van der Waals surface area contributed by atoms with E-state index in [2.05, 4.69) is 0 Å². The molecule has 14 heavy (non-hydrogen) atoms. The molecule has 4 nitrogen and oxygen atoms in total. The smallest absolute Gasteiger partial charge is 0.152 e. The topological polar surface area (TPSA) is 51.5 Å². The van der Waals surface area contributed by atoms with E-state index in [-0.39, 0.29) is 0 Å². The lowest BCUT2D eigenvalue weighted by atomic mass is 10.2. The van der Waals surface area contributed by atoms with Crippen LogP contribution >= 0.6 is 0 Å². The Balaban J connectivity index is 2.77. The Kier molecular flexibility index (Phi) is 1.89. The van der Waals surface area contributed by atoms with Crippen LogP contribution in [-0.2, 0) is 0 Å². The molecule has 72 valence electrons. The van der Waals surface area contributed by atoms with Crippen molar-refractivity contribution in [3.05, 3.63) is 30.0 Å². The number of hydrogen-bond acceptors (Lipinski definition) is 3. The van der Waals surface area contributed by atoms with Crippen molar-refractivity contribution in [3.63, 3.8) is 0 Å². The molecule has 4 heteroatoms. The highest BCUT2D eigenvalue weighted by Gasteiger charge is 2.07. The molecule has 0 spiro atoms. The van der Waals surface area contributed by atoms with E-state index in [1.165, 1.54) is 6.20 Å². The summed E-state index contributed by atoms with van der Waals surface area (Å²) >= 11 is 0. The van der Waals surface area contributed by atoms with E-state index >= 15 is 0 Å². The number of carbonyl (C=O) groups excluding carboxylic acids is 1. The van der Waals surface area contributed by atoms with Crippen molar-refractivity contribution in [2.24, 2.45) is 0 Å². The summed E-state index contributed by atoms with van der Waals surface area (Å²) in [5.74, 6) is 0.659. The quantitative estimate of drug-likeness (QED) is 0.580. The van der Waals surface area contributed by atoms with Crippen molar-refractivity contribution in [2.45, 2.75) is 0 Å². The molecule has 1 aromatic heterocycles. The first-order valence-electron chi connectivity index (χ1n) is 4.10. The maximum Gasteiger partial charge on any atom is 0.152 e. The van der Waals surface area contributed by atoms with Crippen LogP contribution in [0.4, 0.5) is 0 Å². The number of aromatic nitrogens is 1. The van der Waals surface area contributed by atoms with E-state index < -0.39 is 0 Å². The van der Waals surface area contributed by atoms with E-state index in [9.17, 15) is 10.0 Å². The lowest BCUT2D eigenvalue weighted by Crippen LogP contribution is -1.86. The molecule has 0 aliphatic rings. The molecule has 0 atom stereocenters. The number of hydrogen-bond donors (Lipinski definition) is 1. The molecule has 0 radical (unpaired) electrons.